The second-order valence-corrected chi connectivity index (χ2v) is 4.33. The maximum absolute atomic E-state index is 9.71. The number of para-hydroxylation sites is 1. The number of phenols is 1. The fourth-order valence-electron chi connectivity index (χ4n) is 2.15. The van der Waals surface area contributed by atoms with Crippen molar-refractivity contribution < 1.29 is 9.84 Å². The highest BCUT2D eigenvalue weighted by Crippen LogP contribution is 2.19. The lowest BCUT2D eigenvalue weighted by molar-refractivity contribution is 0.0202. The van der Waals surface area contributed by atoms with Crippen LogP contribution in [0.3, 0.4) is 0 Å². The summed E-state index contributed by atoms with van der Waals surface area (Å²) in [4.78, 5) is 2.41. The van der Waals surface area contributed by atoms with Crippen molar-refractivity contribution in [3.05, 3.63) is 29.8 Å². The second kappa shape index (κ2) is 5.32. The molecular formula is C13H19NO2. The number of phenolic OH excluding ortho intramolecular Hbond substituents is 1. The lowest BCUT2D eigenvalue weighted by Gasteiger charge is -2.32. The van der Waals surface area contributed by atoms with Crippen molar-refractivity contribution in [1.82, 2.24) is 4.90 Å². The Morgan fingerprint density at radius 3 is 2.69 bits per heavy atom. The molecule has 1 fully saturated rings. The van der Waals surface area contributed by atoms with Gasteiger partial charge >= 0.3 is 0 Å². The second-order valence-electron chi connectivity index (χ2n) is 4.33. The van der Waals surface area contributed by atoms with Crippen LogP contribution in [-0.2, 0) is 11.2 Å². The zero-order valence-corrected chi connectivity index (χ0v) is 9.72. The van der Waals surface area contributed by atoms with Crippen LogP contribution in [0.2, 0.25) is 0 Å². The summed E-state index contributed by atoms with van der Waals surface area (Å²) in [5.74, 6) is 0.405. The summed E-state index contributed by atoms with van der Waals surface area (Å²) in [5.41, 5.74) is 1.03. The van der Waals surface area contributed by atoms with Gasteiger partial charge < -0.3 is 9.84 Å². The van der Waals surface area contributed by atoms with Crippen molar-refractivity contribution in [3.63, 3.8) is 0 Å². The Bertz CT molecular complexity index is 334. The fraction of sp³-hybridized carbons (Fsp3) is 0.538. The van der Waals surface area contributed by atoms with Crippen molar-refractivity contribution in [2.45, 2.75) is 19.4 Å². The molecule has 0 saturated carbocycles. The van der Waals surface area contributed by atoms with Gasteiger partial charge in [-0.15, -0.1) is 0 Å². The van der Waals surface area contributed by atoms with Gasteiger partial charge in [-0.3, -0.25) is 4.90 Å². The van der Waals surface area contributed by atoms with Gasteiger partial charge in [-0.25, -0.2) is 0 Å². The van der Waals surface area contributed by atoms with Crippen LogP contribution < -0.4 is 0 Å². The van der Waals surface area contributed by atoms with Crippen molar-refractivity contribution in [1.29, 1.82) is 0 Å². The predicted molar refractivity (Wildman–Crippen MR) is 63.7 cm³/mol. The van der Waals surface area contributed by atoms with E-state index in [1.165, 1.54) is 0 Å². The van der Waals surface area contributed by atoms with Gasteiger partial charge in [0.05, 0.1) is 13.2 Å². The zero-order chi connectivity index (χ0) is 11.4. The monoisotopic (exact) mass is 221 g/mol. The van der Waals surface area contributed by atoms with Crippen LogP contribution in [0.25, 0.3) is 0 Å². The van der Waals surface area contributed by atoms with Crippen LogP contribution >= 0.6 is 0 Å². The number of rotatable bonds is 3. The van der Waals surface area contributed by atoms with Gasteiger partial charge in [-0.2, -0.15) is 0 Å². The molecule has 3 nitrogen and oxygen atoms in total. The third-order valence-corrected chi connectivity index (χ3v) is 3.18. The molecule has 88 valence electrons. The molecule has 1 atom stereocenters. The van der Waals surface area contributed by atoms with Crippen molar-refractivity contribution >= 4 is 0 Å². The van der Waals surface area contributed by atoms with Gasteiger partial charge in [-0.05, 0) is 25.0 Å². The number of aromatic hydroxyl groups is 1. The number of morpholine rings is 1. The Kier molecular flexibility index (Phi) is 3.80. The molecule has 0 bridgehead atoms. The number of hydrogen-bond donors (Lipinski definition) is 1. The van der Waals surface area contributed by atoms with E-state index in [4.69, 9.17) is 4.74 Å². The van der Waals surface area contributed by atoms with Crippen molar-refractivity contribution in [2.24, 2.45) is 0 Å². The smallest absolute Gasteiger partial charge is 0.118 e. The topological polar surface area (TPSA) is 32.7 Å². The highest BCUT2D eigenvalue weighted by Gasteiger charge is 2.17. The van der Waals surface area contributed by atoms with E-state index in [1.807, 2.05) is 18.2 Å². The Morgan fingerprint density at radius 1 is 1.31 bits per heavy atom. The molecule has 0 radical (unpaired) electrons. The Labute approximate surface area is 96.6 Å². The summed E-state index contributed by atoms with van der Waals surface area (Å²) in [6.07, 6.45) is 0.896. The maximum Gasteiger partial charge on any atom is 0.118 e. The van der Waals surface area contributed by atoms with Crippen LogP contribution in [0.1, 0.15) is 12.5 Å². The normalized spacial score (nSPS) is 19.6. The number of nitrogens with zero attached hydrogens (tertiary/aromatic N) is 1. The van der Waals surface area contributed by atoms with E-state index in [2.05, 4.69) is 11.8 Å². The molecule has 1 saturated heterocycles. The van der Waals surface area contributed by atoms with E-state index in [0.29, 0.717) is 11.8 Å². The van der Waals surface area contributed by atoms with Gasteiger partial charge in [-0.1, -0.05) is 18.2 Å². The summed E-state index contributed by atoms with van der Waals surface area (Å²) in [5, 5.41) is 9.71. The SMILES string of the molecule is CC(Cc1ccccc1O)N1CCOCC1. The van der Waals surface area contributed by atoms with Crippen molar-refractivity contribution in [3.8, 4) is 5.75 Å². The maximum atomic E-state index is 9.71. The molecule has 16 heavy (non-hydrogen) atoms. The first-order valence-electron chi connectivity index (χ1n) is 5.86. The minimum atomic E-state index is 0.405. The first-order chi connectivity index (χ1) is 7.77. The van der Waals surface area contributed by atoms with E-state index in [1.54, 1.807) is 6.07 Å². The van der Waals surface area contributed by atoms with Gasteiger partial charge in [0.1, 0.15) is 5.75 Å². The summed E-state index contributed by atoms with van der Waals surface area (Å²) in [6.45, 7) is 5.84. The Morgan fingerprint density at radius 2 is 2.00 bits per heavy atom. The summed E-state index contributed by atoms with van der Waals surface area (Å²) < 4.78 is 5.33. The lowest BCUT2D eigenvalue weighted by Crippen LogP contribution is -2.43. The predicted octanol–water partition coefficient (Wildman–Crippen LogP) is 1.66. The van der Waals surface area contributed by atoms with Crippen LogP contribution in [-0.4, -0.2) is 42.4 Å². The van der Waals surface area contributed by atoms with Crippen LogP contribution in [0, 0.1) is 0 Å². The molecule has 0 spiro atoms. The number of hydrogen-bond acceptors (Lipinski definition) is 3. The average Bonchev–Trinajstić information content (AvgIpc) is 2.33. The lowest BCUT2D eigenvalue weighted by atomic mass is 10.0. The Balaban J connectivity index is 1.96. The molecule has 0 amide bonds. The highest BCUT2D eigenvalue weighted by atomic mass is 16.5. The number of ether oxygens (including phenoxy) is 1. The van der Waals surface area contributed by atoms with Crippen molar-refractivity contribution in [2.75, 3.05) is 26.3 Å². The van der Waals surface area contributed by atoms with E-state index in [0.717, 1.165) is 38.3 Å². The third-order valence-electron chi connectivity index (χ3n) is 3.18. The first kappa shape index (κ1) is 11.4. The van der Waals surface area contributed by atoms with Gasteiger partial charge in [0.15, 0.2) is 0 Å². The quantitative estimate of drug-likeness (QED) is 0.842. The van der Waals surface area contributed by atoms with Crippen LogP contribution in [0.15, 0.2) is 24.3 Å². The molecule has 1 aromatic carbocycles. The highest BCUT2D eigenvalue weighted by molar-refractivity contribution is 5.32. The van der Waals surface area contributed by atoms with Crippen LogP contribution in [0.5, 0.6) is 5.75 Å². The fourth-order valence-corrected chi connectivity index (χ4v) is 2.15. The molecule has 1 aliphatic rings. The summed E-state index contributed by atoms with van der Waals surface area (Å²) >= 11 is 0. The first-order valence-corrected chi connectivity index (χ1v) is 5.86. The molecule has 3 heteroatoms. The molecule has 1 N–H and O–H groups in total. The molecule has 1 aromatic rings. The third kappa shape index (κ3) is 2.74. The van der Waals surface area contributed by atoms with E-state index in [9.17, 15) is 5.11 Å². The van der Waals surface area contributed by atoms with Crippen LogP contribution in [0.4, 0.5) is 0 Å². The van der Waals surface area contributed by atoms with Gasteiger partial charge in [0.2, 0.25) is 0 Å². The van der Waals surface area contributed by atoms with E-state index < -0.39 is 0 Å². The van der Waals surface area contributed by atoms with E-state index in [-0.39, 0.29) is 0 Å². The minimum Gasteiger partial charge on any atom is -0.508 e. The van der Waals surface area contributed by atoms with Gasteiger partial charge in [0, 0.05) is 19.1 Å². The molecule has 1 heterocycles. The minimum absolute atomic E-state index is 0.405. The molecule has 1 unspecified atom stereocenters. The summed E-state index contributed by atoms with van der Waals surface area (Å²) in [7, 11) is 0. The Hall–Kier alpha value is -1.06. The molecular weight excluding hydrogens is 202 g/mol. The summed E-state index contributed by atoms with van der Waals surface area (Å²) in [6, 6.07) is 8.03. The van der Waals surface area contributed by atoms with Gasteiger partial charge in [0.25, 0.3) is 0 Å². The number of benzene rings is 1. The largest absolute Gasteiger partial charge is 0.508 e. The molecule has 0 aromatic heterocycles. The standard InChI is InChI=1S/C13H19NO2/c1-11(14-6-8-16-9-7-14)10-12-4-2-3-5-13(12)15/h2-5,11,15H,6-10H2,1H3. The average molecular weight is 221 g/mol. The molecule has 0 aliphatic carbocycles. The zero-order valence-electron chi connectivity index (χ0n) is 9.72. The molecule has 2 rings (SSSR count). The molecule has 1 aliphatic heterocycles. The van der Waals surface area contributed by atoms with E-state index >= 15 is 0 Å².